The van der Waals surface area contributed by atoms with Crippen molar-refractivity contribution in [3.63, 3.8) is 0 Å². The van der Waals surface area contributed by atoms with Crippen molar-refractivity contribution < 1.29 is 0 Å². The molecule has 1 aromatic heterocycles. The van der Waals surface area contributed by atoms with Crippen molar-refractivity contribution in [3.05, 3.63) is 41.1 Å². The molecule has 2 heterocycles. The average Bonchev–Trinajstić information content (AvgIpc) is 2.81. The lowest BCUT2D eigenvalue weighted by molar-refractivity contribution is 0.758. The van der Waals surface area contributed by atoms with Crippen LogP contribution in [0.5, 0.6) is 0 Å². The highest BCUT2D eigenvalue weighted by Crippen LogP contribution is 2.23. The zero-order valence-electron chi connectivity index (χ0n) is 10.2. The highest BCUT2D eigenvalue weighted by atomic mass is 15.1. The maximum atomic E-state index is 5.93. The molecule has 0 radical (unpaired) electrons. The van der Waals surface area contributed by atoms with Gasteiger partial charge in [-0.05, 0) is 18.6 Å². The molecule has 0 bridgehead atoms. The number of rotatable bonds is 2. The van der Waals surface area contributed by atoms with E-state index >= 15 is 0 Å². The first-order valence-corrected chi connectivity index (χ1v) is 5.92. The molecule has 92 valence electrons. The Morgan fingerprint density at radius 3 is 2.89 bits per heavy atom. The molecule has 0 spiro atoms. The number of hydrogen-bond acceptors (Lipinski definition) is 5. The van der Waals surface area contributed by atoms with Gasteiger partial charge in [0.05, 0.1) is 5.69 Å². The predicted octanol–water partition coefficient (Wildman–Crippen LogP) is 1.71. The number of hydrogen-bond donors (Lipinski definition) is 3. The lowest BCUT2D eigenvalue weighted by atomic mass is 10.2. The fourth-order valence-electron chi connectivity index (χ4n) is 2.08. The standard InChI is InChI=1S/C13H15N5/c1-8-4-2-3-5-10(8)16-13-17-11-7-15-6-9(11)12(14)18-13/h2-5,15H,6-7H2,1H3,(H3,14,16,17,18). The van der Waals surface area contributed by atoms with E-state index in [0.29, 0.717) is 11.8 Å². The van der Waals surface area contributed by atoms with Gasteiger partial charge >= 0.3 is 0 Å². The van der Waals surface area contributed by atoms with Gasteiger partial charge < -0.3 is 16.4 Å². The van der Waals surface area contributed by atoms with Crippen LogP contribution >= 0.6 is 0 Å². The van der Waals surface area contributed by atoms with Crippen molar-refractivity contribution >= 4 is 17.5 Å². The van der Waals surface area contributed by atoms with E-state index in [1.54, 1.807) is 0 Å². The number of fused-ring (bicyclic) bond motifs is 1. The fourth-order valence-corrected chi connectivity index (χ4v) is 2.08. The molecule has 0 fully saturated rings. The average molecular weight is 241 g/mol. The van der Waals surface area contributed by atoms with Gasteiger partial charge in [-0.2, -0.15) is 4.98 Å². The van der Waals surface area contributed by atoms with E-state index in [-0.39, 0.29) is 0 Å². The molecule has 3 rings (SSSR count). The van der Waals surface area contributed by atoms with Gasteiger partial charge in [0.2, 0.25) is 5.95 Å². The molecule has 0 aliphatic carbocycles. The summed E-state index contributed by atoms with van der Waals surface area (Å²) in [6.07, 6.45) is 0. The van der Waals surface area contributed by atoms with Gasteiger partial charge in [0.15, 0.2) is 0 Å². The fraction of sp³-hybridized carbons (Fsp3) is 0.231. The Morgan fingerprint density at radius 1 is 1.22 bits per heavy atom. The number of para-hydroxylation sites is 1. The predicted molar refractivity (Wildman–Crippen MR) is 71.4 cm³/mol. The van der Waals surface area contributed by atoms with Gasteiger partial charge in [0.1, 0.15) is 5.82 Å². The maximum absolute atomic E-state index is 5.93. The van der Waals surface area contributed by atoms with E-state index in [2.05, 4.69) is 20.6 Å². The van der Waals surface area contributed by atoms with Gasteiger partial charge in [0.25, 0.3) is 0 Å². The Morgan fingerprint density at radius 2 is 2.06 bits per heavy atom. The second-order valence-corrected chi connectivity index (χ2v) is 4.40. The zero-order chi connectivity index (χ0) is 12.5. The minimum Gasteiger partial charge on any atom is -0.383 e. The van der Waals surface area contributed by atoms with Crippen LogP contribution in [0.4, 0.5) is 17.5 Å². The van der Waals surface area contributed by atoms with Gasteiger partial charge in [-0.15, -0.1) is 0 Å². The first-order chi connectivity index (χ1) is 8.74. The van der Waals surface area contributed by atoms with Gasteiger partial charge in [-0.1, -0.05) is 18.2 Å². The summed E-state index contributed by atoms with van der Waals surface area (Å²) in [7, 11) is 0. The van der Waals surface area contributed by atoms with E-state index < -0.39 is 0 Å². The summed E-state index contributed by atoms with van der Waals surface area (Å²) in [6.45, 7) is 3.55. The third kappa shape index (κ3) is 1.89. The van der Waals surface area contributed by atoms with E-state index in [1.807, 2.05) is 31.2 Å². The number of nitrogens with zero attached hydrogens (tertiary/aromatic N) is 2. The van der Waals surface area contributed by atoms with Crippen LogP contribution in [-0.4, -0.2) is 9.97 Å². The van der Waals surface area contributed by atoms with Crippen LogP contribution in [0.3, 0.4) is 0 Å². The van der Waals surface area contributed by atoms with Crippen molar-refractivity contribution in [2.24, 2.45) is 0 Å². The van der Waals surface area contributed by atoms with Crippen LogP contribution in [0, 0.1) is 6.92 Å². The number of nitrogens with two attached hydrogens (primary N) is 1. The molecular formula is C13H15N5. The van der Waals surface area contributed by atoms with Crippen LogP contribution in [0.1, 0.15) is 16.8 Å². The highest BCUT2D eigenvalue weighted by molar-refractivity contribution is 5.60. The molecule has 0 saturated heterocycles. The second kappa shape index (κ2) is 4.27. The number of anilines is 3. The first-order valence-electron chi connectivity index (χ1n) is 5.92. The molecule has 0 amide bonds. The van der Waals surface area contributed by atoms with Crippen molar-refractivity contribution in [2.45, 2.75) is 20.0 Å². The van der Waals surface area contributed by atoms with Crippen molar-refractivity contribution in [2.75, 3.05) is 11.1 Å². The van der Waals surface area contributed by atoms with Crippen LogP contribution in [0.25, 0.3) is 0 Å². The molecule has 0 unspecified atom stereocenters. The Kier molecular flexibility index (Phi) is 2.60. The lowest BCUT2D eigenvalue weighted by Gasteiger charge is -2.10. The summed E-state index contributed by atoms with van der Waals surface area (Å²) < 4.78 is 0. The van der Waals surface area contributed by atoms with Crippen LogP contribution in [0.2, 0.25) is 0 Å². The summed E-state index contributed by atoms with van der Waals surface area (Å²) in [5.41, 5.74) is 10.1. The second-order valence-electron chi connectivity index (χ2n) is 4.40. The molecule has 4 N–H and O–H groups in total. The van der Waals surface area contributed by atoms with Crippen molar-refractivity contribution in [1.29, 1.82) is 0 Å². The normalized spacial score (nSPS) is 13.4. The largest absolute Gasteiger partial charge is 0.383 e. The van der Waals surface area contributed by atoms with E-state index in [1.165, 1.54) is 0 Å². The zero-order valence-corrected chi connectivity index (χ0v) is 10.2. The smallest absolute Gasteiger partial charge is 0.229 e. The third-order valence-corrected chi connectivity index (χ3v) is 3.11. The molecule has 18 heavy (non-hydrogen) atoms. The van der Waals surface area contributed by atoms with Gasteiger partial charge in [0, 0.05) is 24.3 Å². The quantitative estimate of drug-likeness (QED) is 0.746. The van der Waals surface area contributed by atoms with Crippen LogP contribution < -0.4 is 16.4 Å². The van der Waals surface area contributed by atoms with Gasteiger partial charge in [-0.25, -0.2) is 4.98 Å². The summed E-state index contributed by atoms with van der Waals surface area (Å²) in [5, 5.41) is 6.43. The molecule has 0 saturated carbocycles. The molecule has 1 aromatic carbocycles. The molecular weight excluding hydrogens is 226 g/mol. The van der Waals surface area contributed by atoms with E-state index in [9.17, 15) is 0 Å². The summed E-state index contributed by atoms with van der Waals surface area (Å²) in [5.74, 6) is 1.12. The molecule has 5 heteroatoms. The molecule has 0 atom stereocenters. The molecule has 5 nitrogen and oxygen atoms in total. The van der Waals surface area contributed by atoms with Crippen molar-refractivity contribution in [3.8, 4) is 0 Å². The minimum absolute atomic E-state index is 0.557. The lowest BCUT2D eigenvalue weighted by Crippen LogP contribution is -2.05. The van der Waals surface area contributed by atoms with E-state index in [4.69, 9.17) is 5.73 Å². The Balaban J connectivity index is 1.95. The molecule has 1 aliphatic rings. The van der Waals surface area contributed by atoms with Crippen molar-refractivity contribution in [1.82, 2.24) is 15.3 Å². The number of aryl methyl sites for hydroxylation is 1. The highest BCUT2D eigenvalue weighted by Gasteiger charge is 2.17. The summed E-state index contributed by atoms with van der Waals surface area (Å²) >= 11 is 0. The van der Waals surface area contributed by atoms with Gasteiger partial charge in [-0.3, -0.25) is 0 Å². The Labute approximate surface area is 105 Å². The number of nitrogens with one attached hydrogen (secondary N) is 2. The number of benzene rings is 1. The summed E-state index contributed by atoms with van der Waals surface area (Å²) in [4.78, 5) is 8.78. The SMILES string of the molecule is Cc1ccccc1Nc1nc(N)c2c(n1)CNC2. The Hall–Kier alpha value is -2.14. The van der Waals surface area contributed by atoms with E-state index in [0.717, 1.165) is 35.6 Å². The Bertz CT molecular complexity index is 594. The van der Waals surface area contributed by atoms with Crippen LogP contribution in [-0.2, 0) is 13.1 Å². The first kappa shape index (κ1) is 11.0. The summed E-state index contributed by atoms with van der Waals surface area (Å²) in [6, 6.07) is 8.02. The third-order valence-electron chi connectivity index (χ3n) is 3.11. The minimum atomic E-state index is 0.557. The molecule has 2 aromatic rings. The number of nitrogen functional groups attached to an aromatic ring is 1. The topological polar surface area (TPSA) is 75.9 Å². The number of aromatic nitrogens is 2. The monoisotopic (exact) mass is 241 g/mol. The molecule has 1 aliphatic heterocycles. The van der Waals surface area contributed by atoms with Crippen LogP contribution in [0.15, 0.2) is 24.3 Å². The maximum Gasteiger partial charge on any atom is 0.229 e.